The molecule has 0 spiro atoms. The molecule has 170 valence electrons. The molecule has 0 radical (unpaired) electrons. The second-order valence-electron chi connectivity index (χ2n) is 8.66. The van der Waals surface area contributed by atoms with Crippen LogP contribution in [0.5, 0.6) is 5.75 Å². The first-order valence-electron chi connectivity index (χ1n) is 10.8. The van der Waals surface area contributed by atoms with E-state index in [0.717, 1.165) is 11.1 Å². The van der Waals surface area contributed by atoms with Gasteiger partial charge in [-0.3, -0.25) is 15.0 Å². The van der Waals surface area contributed by atoms with Gasteiger partial charge in [0.15, 0.2) is 5.71 Å². The minimum atomic E-state index is -0.920. The first-order valence-corrected chi connectivity index (χ1v) is 10.8. The number of benzene rings is 2. The van der Waals surface area contributed by atoms with Crippen molar-refractivity contribution in [1.82, 2.24) is 5.01 Å². The third-order valence-corrected chi connectivity index (χ3v) is 6.03. The number of para-hydroxylation sites is 1. The average molecular weight is 447 g/mol. The van der Waals surface area contributed by atoms with E-state index in [2.05, 4.69) is 47.7 Å². The van der Waals surface area contributed by atoms with E-state index < -0.39 is 11.9 Å². The van der Waals surface area contributed by atoms with Crippen molar-refractivity contribution in [3.63, 3.8) is 0 Å². The molecule has 2 aliphatic rings. The van der Waals surface area contributed by atoms with Crippen molar-refractivity contribution in [2.24, 2.45) is 10.2 Å². The number of aliphatic carboxylic acids is 1. The fraction of sp³-hybridized carbons (Fsp3) is 0.280. The van der Waals surface area contributed by atoms with E-state index in [1.807, 2.05) is 24.3 Å². The van der Waals surface area contributed by atoms with Gasteiger partial charge in [0.05, 0.1) is 11.4 Å². The van der Waals surface area contributed by atoms with E-state index in [1.54, 1.807) is 13.0 Å². The van der Waals surface area contributed by atoms with Gasteiger partial charge in [-0.15, -0.1) is 0 Å². The minimum Gasteiger partial charge on any atom is -0.505 e. The molecule has 0 aromatic heterocycles. The van der Waals surface area contributed by atoms with Crippen molar-refractivity contribution >= 4 is 40.6 Å². The summed E-state index contributed by atoms with van der Waals surface area (Å²) in [5.74, 6) is -1.28. The van der Waals surface area contributed by atoms with Crippen LogP contribution in [-0.4, -0.2) is 45.1 Å². The standard InChI is InChI=1S/C25H26N4O4/c1-15-22(24(33)29(28-15)13-7-12-21(30)31)27-26-20-11-6-9-17(23(20)32)19-14-16-8-4-5-10-18(16)25(19,2)3/h4-6,8-11,14,26,32H,7,12-13H2,1-3H3,(H,30,31)/b27-22-. The van der Waals surface area contributed by atoms with Crippen LogP contribution in [0.2, 0.25) is 0 Å². The summed E-state index contributed by atoms with van der Waals surface area (Å²) in [6.45, 7) is 6.11. The van der Waals surface area contributed by atoms with Gasteiger partial charge in [-0.05, 0) is 42.2 Å². The summed E-state index contributed by atoms with van der Waals surface area (Å²) >= 11 is 0. The molecule has 0 unspecified atom stereocenters. The van der Waals surface area contributed by atoms with E-state index in [9.17, 15) is 14.7 Å². The summed E-state index contributed by atoms with van der Waals surface area (Å²) in [5, 5.41) is 29.4. The number of aromatic hydroxyl groups is 1. The zero-order valence-corrected chi connectivity index (χ0v) is 18.8. The normalized spacial score (nSPS) is 17.7. The number of amides is 1. The number of allylic oxidation sites excluding steroid dienone is 1. The number of hydrazone groups is 2. The Kier molecular flexibility index (Phi) is 5.76. The molecule has 33 heavy (non-hydrogen) atoms. The number of carboxylic acids is 1. The summed E-state index contributed by atoms with van der Waals surface area (Å²) < 4.78 is 0. The summed E-state index contributed by atoms with van der Waals surface area (Å²) in [4.78, 5) is 23.3. The maximum absolute atomic E-state index is 12.6. The molecular formula is C25H26N4O4. The second-order valence-corrected chi connectivity index (χ2v) is 8.66. The van der Waals surface area contributed by atoms with Crippen LogP contribution < -0.4 is 5.43 Å². The summed E-state index contributed by atoms with van der Waals surface area (Å²) in [5.41, 5.74) is 7.47. The molecule has 3 N–H and O–H groups in total. The van der Waals surface area contributed by atoms with Crippen LogP contribution in [0.4, 0.5) is 5.69 Å². The summed E-state index contributed by atoms with van der Waals surface area (Å²) in [7, 11) is 0. The lowest BCUT2D eigenvalue weighted by atomic mass is 9.78. The molecule has 4 rings (SSSR count). The van der Waals surface area contributed by atoms with Crippen LogP contribution in [0.3, 0.4) is 0 Å². The number of phenols is 1. The predicted octanol–water partition coefficient (Wildman–Crippen LogP) is 4.07. The Bertz CT molecular complexity index is 1230. The Hall–Kier alpha value is -3.94. The molecule has 0 bridgehead atoms. The Morgan fingerprint density at radius 1 is 1.18 bits per heavy atom. The number of fused-ring (bicyclic) bond motifs is 1. The number of hydrogen-bond donors (Lipinski definition) is 3. The Balaban J connectivity index is 1.55. The number of nitrogens with zero attached hydrogens (tertiary/aromatic N) is 3. The maximum atomic E-state index is 12.6. The number of rotatable bonds is 7. The number of phenolic OH excluding ortho intramolecular Hbond substituents is 1. The van der Waals surface area contributed by atoms with Crippen LogP contribution in [0.15, 0.2) is 52.7 Å². The quantitative estimate of drug-likeness (QED) is 0.438. The monoisotopic (exact) mass is 446 g/mol. The molecule has 0 saturated heterocycles. The molecular weight excluding hydrogens is 420 g/mol. The van der Waals surface area contributed by atoms with E-state index in [0.29, 0.717) is 23.4 Å². The van der Waals surface area contributed by atoms with E-state index in [4.69, 9.17) is 5.11 Å². The van der Waals surface area contributed by atoms with E-state index in [-0.39, 0.29) is 29.8 Å². The van der Waals surface area contributed by atoms with Crippen molar-refractivity contribution in [2.75, 3.05) is 12.0 Å². The van der Waals surface area contributed by atoms with Crippen LogP contribution in [0.25, 0.3) is 11.6 Å². The van der Waals surface area contributed by atoms with Gasteiger partial charge in [0.2, 0.25) is 0 Å². The first kappa shape index (κ1) is 22.3. The Morgan fingerprint density at radius 2 is 1.94 bits per heavy atom. The summed E-state index contributed by atoms with van der Waals surface area (Å²) in [6, 6.07) is 13.5. The van der Waals surface area contributed by atoms with E-state index >= 15 is 0 Å². The lowest BCUT2D eigenvalue weighted by Gasteiger charge is -2.26. The van der Waals surface area contributed by atoms with Crippen LogP contribution in [-0.2, 0) is 15.0 Å². The largest absolute Gasteiger partial charge is 0.505 e. The van der Waals surface area contributed by atoms with Gasteiger partial charge in [-0.2, -0.15) is 10.2 Å². The highest BCUT2D eigenvalue weighted by Crippen LogP contribution is 2.49. The first-order chi connectivity index (χ1) is 15.7. The van der Waals surface area contributed by atoms with Gasteiger partial charge < -0.3 is 10.2 Å². The predicted molar refractivity (Wildman–Crippen MR) is 128 cm³/mol. The number of anilines is 1. The van der Waals surface area contributed by atoms with Crippen molar-refractivity contribution in [2.45, 2.75) is 39.0 Å². The van der Waals surface area contributed by atoms with Crippen molar-refractivity contribution < 1.29 is 19.8 Å². The number of hydrogen-bond acceptors (Lipinski definition) is 6. The topological polar surface area (TPSA) is 115 Å². The number of carbonyl (C=O) groups excluding carboxylic acids is 1. The van der Waals surface area contributed by atoms with Crippen LogP contribution in [0.1, 0.15) is 50.3 Å². The minimum absolute atomic E-state index is 0.0419. The Labute approximate surface area is 191 Å². The molecule has 1 amide bonds. The molecule has 1 heterocycles. The molecule has 8 nitrogen and oxygen atoms in total. The molecule has 1 aliphatic carbocycles. The Morgan fingerprint density at radius 3 is 2.67 bits per heavy atom. The molecule has 1 aliphatic heterocycles. The third kappa shape index (κ3) is 4.11. The molecule has 0 atom stereocenters. The number of carbonyl (C=O) groups is 2. The highest BCUT2D eigenvalue weighted by Gasteiger charge is 2.35. The van der Waals surface area contributed by atoms with Gasteiger partial charge in [0.25, 0.3) is 5.91 Å². The number of carboxylic acid groups (broad SMARTS) is 1. The molecule has 2 aromatic carbocycles. The number of nitrogens with one attached hydrogen (secondary N) is 1. The molecule has 0 fully saturated rings. The molecule has 8 heteroatoms. The highest BCUT2D eigenvalue weighted by molar-refractivity contribution is 6.68. The maximum Gasteiger partial charge on any atom is 0.303 e. The van der Waals surface area contributed by atoms with Crippen LogP contribution >= 0.6 is 0 Å². The summed E-state index contributed by atoms with van der Waals surface area (Å²) in [6.07, 6.45) is 2.35. The zero-order chi connectivity index (χ0) is 23.8. The van der Waals surface area contributed by atoms with E-state index in [1.165, 1.54) is 10.6 Å². The fourth-order valence-corrected chi connectivity index (χ4v) is 4.27. The fourth-order valence-electron chi connectivity index (χ4n) is 4.27. The second kappa shape index (κ2) is 8.54. The van der Waals surface area contributed by atoms with Gasteiger partial charge in [-0.25, -0.2) is 5.01 Å². The van der Waals surface area contributed by atoms with Crippen molar-refractivity contribution in [1.29, 1.82) is 0 Å². The van der Waals surface area contributed by atoms with Gasteiger partial charge in [0.1, 0.15) is 5.75 Å². The van der Waals surface area contributed by atoms with Gasteiger partial charge in [-0.1, -0.05) is 50.2 Å². The van der Waals surface area contributed by atoms with Gasteiger partial charge >= 0.3 is 5.97 Å². The lowest BCUT2D eigenvalue weighted by molar-refractivity contribution is -0.137. The smallest absolute Gasteiger partial charge is 0.303 e. The van der Waals surface area contributed by atoms with Gasteiger partial charge in [0, 0.05) is 23.9 Å². The van der Waals surface area contributed by atoms with Crippen molar-refractivity contribution in [3.05, 3.63) is 59.2 Å². The highest BCUT2D eigenvalue weighted by atomic mass is 16.4. The van der Waals surface area contributed by atoms with Crippen LogP contribution in [0, 0.1) is 0 Å². The zero-order valence-electron chi connectivity index (χ0n) is 18.8. The van der Waals surface area contributed by atoms with Crippen molar-refractivity contribution in [3.8, 4) is 5.75 Å². The average Bonchev–Trinajstić information content (AvgIpc) is 3.19. The lowest BCUT2D eigenvalue weighted by Crippen LogP contribution is -2.29. The SMILES string of the molecule is CC1=NN(CCCC(=O)O)C(=O)/C1=N\Nc1cccc(C2=Cc3ccccc3C2(C)C)c1O. The third-order valence-electron chi connectivity index (χ3n) is 6.03. The molecule has 2 aromatic rings. The molecule has 0 saturated carbocycles.